The van der Waals surface area contributed by atoms with E-state index in [-0.39, 0.29) is 11.9 Å². The molecule has 2 N–H and O–H groups in total. The summed E-state index contributed by atoms with van der Waals surface area (Å²) in [7, 11) is 1.65. The highest BCUT2D eigenvalue weighted by molar-refractivity contribution is 5.94. The smallest absolute Gasteiger partial charge is 0.241 e. The molecule has 1 atom stereocenters. The Morgan fingerprint density at radius 3 is 3.05 bits per heavy atom. The Hall–Kier alpha value is -1.43. The van der Waals surface area contributed by atoms with Gasteiger partial charge in [-0.2, -0.15) is 0 Å². The summed E-state index contributed by atoms with van der Waals surface area (Å²) in [6.07, 6.45) is 3.17. The van der Waals surface area contributed by atoms with Crippen molar-refractivity contribution >= 4 is 11.6 Å². The van der Waals surface area contributed by atoms with Crippen LogP contribution in [0.3, 0.4) is 0 Å². The van der Waals surface area contributed by atoms with Crippen molar-refractivity contribution in [3.63, 3.8) is 0 Å². The van der Waals surface area contributed by atoms with Crippen molar-refractivity contribution in [2.45, 2.75) is 31.9 Å². The standard InChI is InChI=1S/C16H24N2O3/c1-20-9-10-21-12-13-5-4-6-14(11-13)18-16(19)15-7-2-3-8-17-15/h4-6,11,15,17H,2-3,7-10,12H2,1H3,(H,18,19). The van der Waals surface area contributed by atoms with Gasteiger partial charge in [0.2, 0.25) is 5.91 Å². The lowest BCUT2D eigenvalue weighted by Gasteiger charge is -2.22. The van der Waals surface area contributed by atoms with Gasteiger partial charge in [-0.1, -0.05) is 18.6 Å². The molecular formula is C16H24N2O3. The molecule has 1 fully saturated rings. The van der Waals surface area contributed by atoms with Gasteiger partial charge in [0.1, 0.15) is 0 Å². The second-order valence-corrected chi connectivity index (χ2v) is 5.24. The Bertz CT molecular complexity index is 445. The van der Waals surface area contributed by atoms with E-state index in [0.29, 0.717) is 19.8 Å². The lowest BCUT2D eigenvalue weighted by molar-refractivity contribution is -0.118. The third-order valence-electron chi connectivity index (χ3n) is 3.52. The number of carbonyl (C=O) groups is 1. The Morgan fingerprint density at radius 1 is 1.38 bits per heavy atom. The first-order valence-electron chi connectivity index (χ1n) is 7.49. The zero-order chi connectivity index (χ0) is 14.9. The molecule has 5 heteroatoms. The fourth-order valence-corrected chi connectivity index (χ4v) is 2.38. The molecule has 2 rings (SSSR count). The van der Waals surface area contributed by atoms with E-state index in [1.165, 1.54) is 0 Å². The Labute approximate surface area is 126 Å². The van der Waals surface area contributed by atoms with Gasteiger partial charge in [-0.3, -0.25) is 4.79 Å². The van der Waals surface area contributed by atoms with Crippen molar-refractivity contribution in [2.75, 3.05) is 32.2 Å². The van der Waals surface area contributed by atoms with E-state index < -0.39 is 0 Å². The van der Waals surface area contributed by atoms with Crippen LogP contribution in [0, 0.1) is 0 Å². The number of ether oxygens (including phenoxy) is 2. The average Bonchev–Trinajstić information content (AvgIpc) is 2.53. The van der Waals surface area contributed by atoms with Gasteiger partial charge in [-0.25, -0.2) is 0 Å². The molecular weight excluding hydrogens is 268 g/mol. The quantitative estimate of drug-likeness (QED) is 0.754. The van der Waals surface area contributed by atoms with E-state index in [9.17, 15) is 4.79 Å². The molecule has 0 spiro atoms. The van der Waals surface area contributed by atoms with Crippen molar-refractivity contribution in [2.24, 2.45) is 0 Å². The highest BCUT2D eigenvalue weighted by Gasteiger charge is 2.20. The largest absolute Gasteiger partial charge is 0.382 e. The van der Waals surface area contributed by atoms with Crippen LogP contribution in [0.25, 0.3) is 0 Å². The van der Waals surface area contributed by atoms with Crippen molar-refractivity contribution in [1.29, 1.82) is 0 Å². The summed E-state index contributed by atoms with van der Waals surface area (Å²) in [6.45, 7) is 2.60. The molecule has 21 heavy (non-hydrogen) atoms. The summed E-state index contributed by atoms with van der Waals surface area (Å²) >= 11 is 0. The maximum atomic E-state index is 12.2. The molecule has 1 aromatic rings. The minimum absolute atomic E-state index is 0.0483. The zero-order valence-corrected chi connectivity index (χ0v) is 12.6. The monoisotopic (exact) mass is 292 g/mol. The Kier molecular flexibility index (Phi) is 6.66. The molecule has 5 nitrogen and oxygen atoms in total. The molecule has 1 amide bonds. The molecule has 1 saturated heterocycles. The summed E-state index contributed by atoms with van der Waals surface area (Å²) in [5, 5.41) is 6.22. The molecule has 0 aromatic heterocycles. The minimum Gasteiger partial charge on any atom is -0.382 e. The van der Waals surface area contributed by atoms with E-state index in [2.05, 4.69) is 10.6 Å². The number of hydrogen-bond donors (Lipinski definition) is 2. The van der Waals surface area contributed by atoms with Gasteiger partial charge < -0.3 is 20.1 Å². The number of amides is 1. The summed E-state index contributed by atoms with van der Waals surface area (Å²) in [5.74, 6) is 0.0483. The summed E-state index contributed by atoms with van der Waals surface area (Å²) in [6, 6.07) is 7.70. The topological polar surface area (TPSA) is 59.6 Å². The van der Waals surface area contributed by atoms with Crippen molar-refractivity contribution < 1.29 is 14.3 Å². The summed E-state index contributed by atoms with van der Waals surface area (Å²) < 4.78 is 10.4. The predicted molar refractivity (Wildman–Crippen MR) is 82.2 cm³/mol. The molecule has 0 radical (unpaired) electrons. The first kappa shape index (κ1) is 15.9. The number of benzene rings is 1. The highest BCUT2D eigenvalue weighted by Crippen LogP contribution is 2.14. The second-order valence-electron chi connectivity index (χ2n) is 5.24. The third kappa shape index (κ3) is 5.46. The van der Waals surface area contributed by atoms with Crippen LogP contribution in [0.5, 0.6) is 0 Å². The van der Waals surface area contributed by atoms with Crippen LogP contribution in [0.4, 0.5) is 5.69 Å². The SMILES string of the molecule is COCCOCc1cccc(NC(=O)C2CCCCN2)c1. The van der Waals surface area contributed by atoms with E-state index in [1.54, 1.807) is 7.11 Å². The molecule has 0 aliphatic carbocycles. The number of rotatable bonds is 7. The Balaban J connectivity index is 1.83. The summed E-state index contributed by atoms with van der Waals surface area (Å²) in [4.78, 5) is 12.2. The zero-order valence-electron chi connectivity index (χ0n) is 12.6. The second kappa shape index (κ2) is 8.77. The number of piperidine rings is 1. The first-order valence-corrected chi connectivity index (χ1v) is 7.49. The van der Waals surface area contributed by atoms with Gasteiger partial charge in [0.15, 0.2) is 0 Å². The molecule has 116 valence electrons. The first-order chi connectivity index (χ1) is 10.3. The van der Waals surface area contributed by atoms with E-state index in [0.717, 1.165) is 37.1 Å². The highest BCUT2D eigenvalue weighted by atomic mass is 16.5. The molecule has 1 aliphatic rings. The Morgan fingerprint density at radius 2 is 2.29 bits per heavy atom. The normalized spacial score (nSPS) is 18.4. The van der Waals surface area contributed by atoms with Gasteiger partial charge in [-0.15, -0.1) is 0 Å². The number of hydrogen-bond acceptors (Lipinski definition) is 4. The number of carbonyl (C=O) groups excluding carboxylic acids is 1. The van der Waals surface area contributed by atoms with Gasteiger partial charge in [0.25, 0.3) is 0 Å². The lowest BCUT2D eigenvalue weighted by Crippen LogP contribution is -2.43. The van der Waals surface area contributed by atoms with Gasteiger partial charge in [0, 0.05) is 12.8 Å². The van der Waals surface area contributed by atoms with E-state index in [4.69, 9.17) is 9.47 Å². The van der Waals surface area contributed by atoms with Crippen LogP contribution in [-0.2, 0) is 20.9 Å². The van der Waals surface area contributed by atoms with Crippen molar-refractivity contribution in [3.05, 3.63) is 29.8 Å². The van der Waals surface area contributed by atoms with Crippen LogP contribution >= 0.6 is 0 Å². The van der Waals surface area contributed by atoms with Crippen LogP contribution in [-0.4, -0.2) is 38.8 Å². The molecule has 1 unspecified atom stereocenters. The van der Waals surface area contributed by atoms with Crippen LogP contribution in [0.15, 0.2) is 24.3 Å². The van der Waals surface area contributed by atoms with Crippen LogP contribution < -0.4 is 10.6 Å². The van der Waals surface area contributed by atoms with E-state index >= 15 is 0 Å². The summed E-state index contributed by atoms with van der Waals surface area (Å²) in [5.41, 5.74) is 1.86. The van der Waals surface area contributed by atoms with Gasteiger partial charge in [-0.05, 0) is 37.1 Å². The number of anilines is 1. The molecule has 1 aliphatic heterocycles. The van der Waals surface area contributed by atoms with Crippen LogP contribution in [0.1, 0.15) is 24.8 Å². The maximum Gasteiger partial charge on any atom is 0.241 e. The molecule has 1 aromatic carbocycles. The van der Waals surface area contributed by atoms with Crippen LogP contribution in [0.2, 0.25) is 0 Å². The fourth-order valence-electron chi connectivity index (χ4n) is 2.38. The lowest BCUT2D eigenvalue weighted by atomic mass is 10.0. The van der Waals surface area contributed by atoms with Gasteiger partial charge >= 0.3 is 0 Å². The van der Waals surface area contributed by atoms with Gasteiger partial charge in [0.05, 0.1) is 25.9 Å². The average molecular weight is 292 g/mol. The molecule has 1 heterocycles. The third-order valence-corrected chi connectivity index (χ3v) is 3.52. The number of nitrogens with one attached hydrogen (secondary N) is 2. The minimum atomic E-state index is -0.0691. The molecule has 0 bridgehead atoms. The predicted octanol–water partition coefficient (Wildman–Crippen LogP) is 1.93. The number of methoxy groups -OCH3 is 1. The molecule has 0 saturated carbocycles. The van der Waals surface area contributed by atoms with E-state index in [1.807, 2.05) is 24.3 Å². The van der Waals surface area contributed by atoms with Crippen molar-refractivity contribution in [3.8, 4) is 0 Å². The maximum absolute atomic E-state index is 12.2. The van der Waals surface area contributed by atoms with Crippen molar-refractivity contribution in [1.82, 2.24) is 5.32 Å². The fraction of sp³-hybridized carbons (Fsp3) is 0.562.